The molecule has 0 amide bonds. The molecule has 0 spiro atoms. The number of rotatable bonds is 3. The molecule has 1 aliphatic rings. The Kier molecular flexibility index (Phi) is 4.00. The quantitative estimate of drug-likeness (QED) is 0.846. The van der Waals surface area contributed by atoms with Gasteiger partial charge in [-0.25, -0.2) is 0 Å². The molecule has 1 saturated heterocycles. The number of hydrogen-bond donors (Lipinski definition) is 0. The molecule has 0 saturated carbocycles. The second-order valence-electron chi connectivity index (χ2n) is 4.07. The number of morpholine rings is 1. The van der Waals surface area contributed by atoms with E-state index in [0.717, 1.165) is 45.0 Å². The Labute approximate surface area is 105 Å². The molecule has 2 heterocycles. The van der Waals surface area contributed by atoms with Gasteiger partial charge in [0.25, 0.3) is 0 Å². The Morgan fingerprint density at radius 2 is 2.06 bits per heavy atom. The van der Waals surface area contributed by atoms with Crippen molar-refractivity contribution in [2.45, 2.75) is 19.9 Å². The smallest absolute Gasteiger partial charge is 0.0767 e. The number of nitrogens with zero attached hydrogens (tertiary/aromatic N) is 3. The minimum atomic E-state index is 0.843. The summed E-state index contributed by atoms with van der Waals surface area (Å²) in [5.41, 5.74) is 2.41. The largest absolute Gasteiger partial charge is 0.379 e. The fourth-order valence-corrected chi connectivity index (χ4v) is 2.70. The van der Waals surface area contributed by atoms with Crippen molar-refractivity contribution in [3.63, 3.8) is 0 Å². The predicted molar refractivity (Wildman–Crippen MR) is 66.4 cm³/mol. The average Bonchev–Trinajstić information content (AvgIpc) is 2.58. The van der Waals surface area contributed by atoms with E-state index in [1.165, 1.54) is 10.2 Å². The summed E-state index contributed by atoms with van der Waals surface area (Å²) in [6.45, 7) is 6.80. The number of aryl methyl sites for hydroxylation is 2. The number of aromatic nitrogens is 2. The highest BCUT2D eigenvalue weighted by Crippen LogP contribution is 2.23. The summed E-state index contributed by atoms with van der Waals surface area (Å²) in [6.07, 6.45) is 0.970. The van der Waals surface area contributed by atoms with Gasteiger partial charge in [0.2, 0.25) is 0 Å². The van der Waals surface area contributed by atoms with Crippen LogP contribution in [0.3, 0.4) is 0 Å². The molecule has 1 aliphatic heterocycles. The molecule has 1 aromatic heterocycles. The summed E-state index contributed by atoms with van der Waals surface area (Å²) in [5.74, 6) is 0. The fraction of sp³-hybridized carbons (Fsp3) is 0.727. The molecule has 16 heavy (non-hydrogen) atoms. The second kappa shape index (κ2) is 5.29. The minimum absolute atomic E-state index is 0.843. The van der Waals surface area contributed by atoms with Crippen LogP contribution in [0.5, 0.6) is 0 Å². The van der Waals surface area contributed by atoms with Gasteiger partial charge in [-0.1, -0.05) is 6.92 Å². The first kappa shape index (κ1) is 12.1. The summed E-state index contributed by atoms with van der Waals surface area (Å²) in [4.78, 5) is 2.41. The average molecular weight is 288 g/mol. The molecule has 4 nitrogen and oxygen atoms in total. The van der Waals surface area contributed by atoms with E-state index in [1.54, 1.807) is 0 Å². The van der Waals surface area contributed by atoms with E-state index in [1.807, 2.05) is 11.7 Å². The van der Waals surface area contributed by atoms with Crippen LogP contribution < -0.4 is 0 Å². The minimum Gasteiger partial charge on any atom is -0.379 e. The van der Waals surface area contributed by atoms with E-state index >= 15 is 0 Å². The fourth-order valence-electron chi connectivity index (χ4n) is 1.96. The highest BCUT2D eigenvalue weighted by Gasteiger charge is 2.17. The van der Waals surface area contributed by atoms with Crippen LogP contribution in [-0.4, -0.2) is 41.0 Å². The van der Waals surface area contributed by atoms with E-state index in [0.29, 0.717) is 0 Å². The third-order valence-electron chi connectivity index (χ3n) is 2.98. The van der Waals surface area contributed by atoms with Crippen molar-refractivity contribution in [3.05, 3.63) is 15.9 Å². The first-order valence-electron chi connectivity index (χ1n) is 5.72. The van der Waals surface area contributed by atoms with E-state index in [9.17, 15) is 0 Å². The number of halogens is 1. The Balaban J connectivity index is 2.10. The monoisotopic (exact) mass is 287 g/mol. The molecular formula is C11H18BrN3O. The van der Waals surface area contributed by atoms with Gasteiger partial charge in [0.05, 0.1) is 29.1 Å². The molecule has 5 heteroatoms. The number of ether oxygens (including phenoxy) is 1. The van der Waals surface area contributed by atoms with Crippen molar-refractivity contribution in [2.75, 3.05) is 26.3 Å². The van der Waals surface area contributed by atoms with Crippen molar-refractivity contribution in [1.29, 1.82) is 0 Å². The van der Waals surface area contributed by atoms with Crippen LogP contribution in [0.4, 0.5) is 0 Å². The van der Waals surface area contributed by atoms with Crippen LogP contribution in [0.1, 0.15) is 18.3 Å². The van der Waals surface area contributed by atoms with Crippen molar-refractivity contribution < 1.29 is 4.74 Å². The molecule has 0 atom stereocenters. The molecule has 0 N–H and O–H groups in total. The van der Waals surface area contributed by atoms with Crippen LogP contribution in [0.25, 0.3) is 0 Å². The molecule has 0 aliphatic carbocycles. The Morgan fingerprint density at radius 1 is 1.38 bits per heavy atom. The highest BCUT2D eigenvalue weighted by atomic mass is 79.9. The van der Waals surface area contributed by atoms with Gasteiger partial charge in [-0.3, -0.25) is 9.58 Å². The Morgan fingerprint density at radius 3 is 2.62 bits per heavy atom. The first-order chi connectivity index (χ1) is 7.72. The van der Waals surface area contributed by atoms with Gasteiger partial charge in [0.1, 0.15) is 0 Å². The van der Waals surface area contributed by atoms with Crippen LogP contribution >= 0.6 is 15.9 Å². The summed E-state index contributed by atoms with van der Waals surface area (Å²) in [7, 11) is 2.01. The maximum Gasteiger partial charge on any atom is 0.0767 e. The molecule has 2 rings (SSSR count). The van der Waals surface area contributed by atoms with Gasteiger partial charge in [-0.05, 0) is 22.4 Å². The normalized spacial score (nSPS) is 17.9. The standard InChI is InChI=1S/C11H18BrN3O/c1-3-9-11(12)10(14(2)13-9)8-15-4-6-16-7-5-15/h3-8H2,1-2H3. The molecule has 0 radical (unpaired) electrons. The van der Waals surface area contributed by atoms with E-state index in [2.05, 4.69) is 32.9 Å². The van der Waals surface area contributed by atoms with Gasteiger partial charge in [0, 0.05) is 26.7 Å². The first-order valence-corrected chi connectivity index (χ1v) is 6.52. The summed E-state index contributed by atoms with van der Waals surface area (Å²) >= 11 is 3.65. The van der Waals surface area contributed by atoms with Gasteiger partial charge in [-0.2, -0.15) is 5.10 Å². The highest BCUT2D eigenvalue weighted by molar-refractivity contribution is 9.10. The van der Waals surface area contributed by atoms with E-state index in [-0.39, 0.29) is 0 Å². The molecule has 0 bridgehead atoms. The molecule has 1 aromatic rings. The van der Waals surface area contributed by atoms with Crippen molar-refractivity contribution in [1.82, 2.24) is 14.7 Å². The van der Waals surface area contributed by atoms with Crippen molar-refractivity contribution in [3.8, 4) is 0 Å². The van der Waals surface area contributed by atoms with Gasteiger partial charge in [0.15, 0.2) is 0 Å². The topological polar surface area (TPSA) is 30.3 Å². The lowest BCUT2D eigenvalue weighted by Crippen LogP contribution is -2.36. The van der Waals surface area contributed by atoms with Gasteiger partial charge >= 0.3 is 0 Å². The Hall–Kier alpha value is -0.390. The Bertz CT molecular complexity index is 358. The lowest BCUT2D eigenvalue weighted by molar-refractivity contribution is 0.0330. The maximum absolute atomic E-state index is 5.35. The summed E-state index contributed by atoms with van der Waals surface area (Å²) in [5, 5.41) is 4.51. The van der Waals surface area contributed by atoms with Crippen molar-refractivity contribution in [2.24, 2.45) is 7.05 Å². The molecule has 0 unspecified atom stereocenters. The molecule has 90 valence electrons. The van der Waals surface area contributed by atoms with Crippen LogP contribution in [0.15, 0.2) is 4.47 Å². The van der Waals surface area contributed by atoms with Crippen LogP contribution in [-0.2, 0) is 24.8 Å². The predicted octanol–water partition coefficient (Wildman–Crippen LogP) is 1.58. The zero-order chi connectivity index (χ0) is 11.5. The lowest BCUT2D eigenvalue weighted by Gasteiger charge is -2.26. The van der Waals surface area contributed by atoms with E-state index < -0.39 is 0 Å². The van der Waals surface area contributed by atoms with Crippen LogP contribution in [0, 0.1) is 0 Å². The SMILES string of the molecule is CCc1nn(C)c(CN2CCOCC2)c1Br. The molecule has 1 fully saturated rings. The van der Waals surface area contributed by atoms with E-state index in [4.69, 9.17) is 4.74 Å². The zero-order valence-corrected chi connectivity index (χ0v) is 11.5. The lowest BCUT2D eigenvalue weighted by atomic mass is 10.3. The van der Waals surface area contributed by atoms with Crippen LogP contribution in [0.2, 0.25) is 0 Å². The van der Waals surface area contributed by atoms with Crippen molar-refractivity contribution >= 4 is 15.9 Å². The molecule has 0 aromatic carbocycles. The second-order valence-corrected chi connectivity index (χ2v) is 4.87. The van der Waals surface area contributed by atoms with Gasteiger partial charge < -0.3 is 4.74 Å². The number of hydrogen-bond acceptors (Lipinski definition) is 3. The zero-order valence-electron chi connectivity index (χ0n) is 9.87. The third kappa shape index (κ3) is 2.47. The maximum atomic E-state index is 5.35. The van der Waals surface area contributed by atoms with Gasteiger partial charge in [-0.15, -0.1) is 0 Å². The molecular weight excluding hydrogens is 270 g/mol. The summed E-state index contributed by atoms with van der Waals surface area (Å²) in [6, 6.07) is 0. The summed E-state index contributed by atoms with van der Waals surface area (Å²) < 4.78 is 8.50. The third-order valence-corrected chi connectivity index (χ3v) is 3.90.